The first-order valence-corrected chi connectivity index (χ1v) is 34.3. The number of phosphoric ester groups is 1. The quantitative estimate of drug-likeness (QED) is 0.0205. The third-order valence-electron chi connectivity index (χ3n) is 14.4. The van der Waals surface area contributed by atoms with Gasteiger partial charge in [0, 0.05) is 12.8 Å². The van der Waals surface area contributed by atoms with Gasteiger partial charge in [-0.25, -0.2) is 4.57 Å². The van der Waals surface area contributed by atoms with Crippen molar-refractivity contribution >= 4 is 19.7 Å². The van der Waals surface area contributed by atoms with Gasteiger partial charge >= 0.3 is 13.8 Å². The number of ether oxygens (including phenoxy) is 1. The molecule has 454 valence electrons. The number of allylic oxidation sites excluding steroid dienone is 11. The summed E-state index contributed by atoms with van der Waals surface area (Å²) < 4.78 is 30.7. The number of nitrogens with zero attached hydrogens (tertiary/aromatic N) is 1. The van der Waals surface area contributed by atoms with E-state index >= 15 is 0 Å². The molecule has 0 bridgehead atoms. The van der Waals surface area contributed by atoms with Crippen LogP contribution >= 0.6 is 7.82 Å². The van der Waals surface area contributed by atoms with Gasteiger partial charge in [0.25, 0.3) is 0 Å². The molecule has 3 unspecified atom stereocenters. The highest BCUT2D eigenvalue weighted by Crippen LogP contribution is 2.43. The van der Waals surface area contributed by atoms with Crippen molar-refractivity contribution in [3.05, 3.63) is 72.9 Å². The van der Waals surface area contributed by atoms with Crippen LogP contribution in [-0.4, -0.2) is 74.3 Å². The molecular weight excluding hydrogens is 988 g/mol. The molecule has 0 aliphatic rings. The highest BCUT2D eigenvalue weighted by molar-refractivity contribution is 7.47. The van der Waals surface area contributed by atoms with E-state index < -0.39 is 20.0 Å². The van der Waals surface area contributed by atoms with Crippen LogP contribution in [0.4, 0.5) is 0 Å². The molecule has 0 aromatic carbocycles. The molecule has 0 radical (unpaired) electrons. The van der Waals surface area contributed by atoms with Crippen LogP contribution in [0.15, 0.2) is 72.9 Å². The van der Waals surface area contributed by atoms with E-state index in [1.807, 2.05) is 33.3 Å². The molecule has 0 aliphatic carbocycles. The number of hydrogen-bond donors (Lipinski definition) is 2. The molecule has 78 heavy (non-hydrogen) atoms. The van der Waals surface area contributed by atoms with Gasteiger partial charge in [-0.1, -0.05) is 280 Å². The Morgan fingerprint density at radius 1 is 0.462 bits per heavy atom. The first-order valence-electron chi connectivity index (χ1n) is 32.8. The second-order valence-corrected chi connectivity index (χ2v) is 24.7. The lowest BCUT2D eigenvalue weighted by molar-refractivity contribution is -0.870. The number of rotatable bonds is 59. The van der Waals surface area contributed by atoms with Gasteiger partial charge in [0.2, 0.25) is 5.91 Å². The third kappa shape index (κ3) is 58.1. The molecule has 0 aromatic rings. The molecule has 2 N–H and O–H groups in total. The summed E-state index contributed by atoms with van der Waals surface area (Å²) in [7, 11) is 1.49. The van der Waals surface area contributed by atoms with Crippen molar-refractivity contribution in [2.24, 2.45) is 0 Å². The molecule has 0 saturated heterocycles. The topological polar surface area (TPSA) is 111 Å². The summed E-state index contributed by atoms with van der Waals surface area (Å²) in [5.74, 6) is -0.504. The maximum atomic E-state index is 13.6. The average Bonchev–Trinajstić information content (AvgIpc) is 3.40. The Morgan fingerprint density at radius 2 is 0.821 bits per heavy atom. The Balaban J connectivity index is 5.13. The Hall–Kier alpha value is -2.55. The lowest BCUT2D eigenvalue weighted by Crippen LogP contribution is -2.47. The number of carbonyl (C=O) groups excluding carboxylic acids is 2. The number of likely N-dealkylation sites (N-methyl/N-ethyl adjacent to an activating group) is 1. The van der Waals surface area contributed by atoms with Gasteiger partial charge in [-0.15, -0.1) is 0 Å². The van der Waals surface area contributed by atoms with Crippen molar-refractivity contribution in [3.63, 3.8) is 0 Å². The molecule has 0 fully saturated rings. The van der Waals surface area contributed by atoms with Crippen LogP contribution in [0.1, 0.15) is 297 Å². The van der Waals surface area contributed by atoms with Crippen molar-refractivity contribution in [2.45, 2.75) is 309 Å². The van der Waals surface area contributed by atoms with Gasteiger partial charge in [-0.2, -0.15) is 0 Å². The van der Waals surface area contributed by atoms with Crippen LogP contribution in [0.2, 0.25) is 0 Å². The average molecular weight is 1110 g/mol. The Bertz CT molecular complexity index is 1570. The van der Waals surface area contributed by atoms with Crippen LogP contribution in [0.3, 0.4) is 0 Å². The summed E-state index contributed by atoms with van der Waals surface area (Å²) in [6.45, 7) is 6.92. The second kappa shape index (κ2) is 57.7. The van der Waals surface area contributed by atoms with E-state index in [0.29, 0.717) is 23.9 Å². The van der Waals surface area contributed by atoms with E-state index in [0.717, 1.165) is 103 Å². The highest BCUT2D eigenvalue weighted by atomic mass is 31.2. The van der Waals surface area contributed by atoms with Gasteiger partial charge in [0.1, 0.15) is 19.3 Å². The van der Waals surface area contributed by atoms with E-state index in [-0.39, 0.29) is 25.1 Å². The first kappa shape index (κ1) is 75.5. The zero-order valence-electron chi connectivity index (χ0n) is 51.9. The number of nitrogens with one attached hydrogen (secondary N) is 1. The lowest BCUT2D eigenvalue weighted by Gasteiger charge is -2.27. The predicted octanol–water partition coefficient (Wildman–Crippen LogP) is 20.4. The van der Waals surface area contributed by atoms with E-state index in [1.165, 1.54) is 161 Å². The second-order valence-electron chi connectivity index (χ2n) is 23.3. The molecule has 0 heterocycles. The summed E-state index contributed by atoms with van der Waals surface area (Å²) in [5.41, 5.74) is 0. The van der Waals surface area contributed by atoms with Crippen molar-refractivity contribution < 1.29 is 37.3 Å². The van der Waals surface area contributed by atoms with Crippen LogP contribution < -0.4 is 5.32 Å². The number of amides is 1. The summed E-state index contributed by atoms with van der Waals surface area (Å²) in [6, 6.07) is -0.852. The number of unbranched alkanes of at least 4 members (excludes halogenated alkanes) is 33. The molecule has 10 heteroatoms. The van der Waals surface area contributed by atoms with Crippen LogP contribution in [-0.2, 0) is 27.9 Å². The lowest BCUT2D eigenvalue weighted by atomic mass is 10.0. The maximum absolute atomic E-state index is 13.6. The molecule has 0 rings (SSSR count). The van der Waals surface area contributed by atoms with Gasteiger partial charge in [-0.3, -0.25) is 18.6 Å². The minimum absolute atomic E-state index is 0.0382. The zero-order valence-corrected chi connectivity index (χ0v) is 52.8. The minimum atomic E-state index is -4.45. The Labute approximate surface area is 483 Å². The Morgan fingerprint density at radius 3 is 1.23 bits per heavy atom. The Kier molecular flexibility index (Phi) is 55.8. The normalized spacial score (nSPS) is 14.1. The van der Waals surface area contributed by atoms with E-state index in [9.17, 15) is 19.0 Å². The number of quaternary nitrogens is 1. The minimum Gasteiger partial charge on any atom is -0.456 e. The molecule has 0 saturated carbocycles. The molecule has 0 aromatic heterocycles. The number of esters is 1. The van der Waals surface area contributed by atoms with Crippen LogP contribution in [0.5, 0.6) is 0 Å². The van der Waals surface area contributed by atoms with Crippen molar-refractivity contribution in [2.75, 3.05) is 40.9 Å². The smallest absolute Gasteiger partial charge is 0.456 e. The fourth-order valence-corrected chi connectivity index (χ4v) is 10.1. The predicted molar refractivity (Wildman–Crippen MR) is 337 cm³/mol. The van der Waals surface area contributed by atoms with Crippen molar-refractivity contribution in [1.82, 2.24) is 5.32 Å². The summed E-state index contributed by atoms with van der Waals surface area (Å²) in [6.07, 6.45) is 74.7. The van der Waals surface area contributed by atoms with Crippen molar-refractivity contribution in [1.29, 1.82) is 0 Å². The molecular formula is C68H126N2O7P+. The third-order valence-corrected chi connectivity index (χ3v) is 15.4. The van der Waals surface area contributed by atoms with Gasteiger partial charge in [0.05, 0.1) is 33.8 Å². The monoisotopic (exact) mass is 1110 g/mol. The van der Waals surface area contributed by atoms with Crippen LogP contribution in [0, 0.1) is 0 Å². The maximum Gasteiger partial charge on any atom is 0.472 e. The fourth-order valence-electron chi connectivity index (χ4n) is 9.38. The van der Waals surface area contributed by atoms with Crippen LogP contribution in [0.25, 0.3) is 0 Å². The van der Waals surface area contributed by atoms with E-state index in [1.54, 1.807) is 0 Å². The molecule has 0 aliphatic heterocycles. The summed E-state index contributed by atoms with van der Waals surface area (Å²) in [4.78, 5) is 37.8. The molecule has 0 spiro atoms. The number of phosphoric acid groups is 1. The van der Waals surface area contributed by atoms with Gasteiger partial charge in [0.15, 0.2) is 0 Å². The molecule has 1 amide bonds. The van der Waals surface area contributed by atoms with Crippen molar-refractivity contribution in [3.8, 4) is 0 Å². The fraction of sp³-hybridized carbons (Fsp3) is 0.794. The number of hydrogen-bond acceptors (Lipinski definition) is 6. The first-order chi connectivity index (χ1) is 37.9. The molecule has 9 nitrogen and oxygen atoms in total. The molecule has 3 atom stereocenters. The van der Waals surface area contributed by atoms with E-state index in [2.05, 4.69) is 86.8 Å². The largest absolute Gasteiger partial charge is 0.472 e. The highest BCUT2D eigenvalue weighted by Gasteiger charge is 2.30. The zero-order chi connectivity index (χ0) is 57.2. The standard InChI is InChI=1S/C68H125N2O7P/c1-7-10-13-16-19-22-25-28-30-31-32-33-34-35-36-37-38-39-41-42-45-48-51-54-57-60-67(71)69-65(64-76-78(73,74)75-63-62-70(4,5)6)66(59-56-53-50-47-44-27-24-21-18-15-12-9-3)77-68(72)61-58-55-52-49-46-43-40-29-26-23-20-17-14-11-8-2/h10,13,19,22,28,30,32-33,35-36,56,59,65-66H,7-9,11-12,14-18,20-21,23-27,29,31,34,37-55,57-58,60-64H2,1-6H3,(H-,69,71,73,74)/p+1/b13-10-,22-19-,30-28-,33-32-,36-35-,59-56-. The summed E-state index contributed by atoms with van der Waals surface area (Å²) in [5, 5.41) is 3.06. The van der Waals surface area contributed by atoms with Gasteiger partial charge < -0.3 is 19.4 Å². The van der Waals surface area contributed by atoms with Gasteiger partial charge in [-0.05, 0) is 76.7 Å². The van der Waals surface area contributed by atoms with E-state index in [4.69, 9.17) is 13.8 Å². The number of carbonyl (C=O) groups is 2. The SMILES string of the molecule is CC/C=C\C/C=C\C/C=C\C/C=C\C/C=C\CCCCCCCCCCCC(=O)NC(COP(=O)(O)OCC[N+](C)(C)C)C(/C=C\CCCCCCCCCCCC)OC(=O)CCCCCCCCCCCCCCCCC. The summed E-state index contributed by atoms with van der Waals surface area (Å²) >= 11 is 0.